The standard InChI is InChI=1S/C11H9Cl2N3O2/c12-8-3-7(14)2-1-6(8)4-16-5-9(13)10(17)15-11(16)18/h1-3,5H,4,14H2,(H,15,17,18). The van der Waals surface area contributed by atoms with Crippen LogP contribution >= 0.6 is 23.2 Å². The second-order valence-corrected chi connectivity index (χ2v) is 4.53. The Bertz CT molecular complexity index is 706. The zero-order valence-corrected chi connectivity index (χ0v) is 10.6. The van der Waals surface area contributed by atoms with Gasteiger partial charge in [0.25, 0.3) is 5.56 Å². The molecule has 0 fully saturated rings. The number of rotatable bonds is 2. The van der Waals surface area contributed by atoms with Gasteiger partial charge >= 0.3 is 5.69 Å². The van der Waals surface area contributed by atoms with Crippen LogP contribution in [0.3, 0.4) is 0 Å². The van der Waals surface area contributed by atoms with Gasteiger partial charge in [0, 0.05) is 16.9 Å². The largest absolute Gasteiger partial charge is 0.399 e. The highest BCUT2D eigenvalue weighted by molar-refractivity contribution is 6.31. The number of nitrogens with two attached hydrogens (primary N) is 1. The average Bonchev–Trinajstić information content (AvgIpc) is 2.29. The fourth-order valence-corrected chi connectivity index (χ4v) is 1.89. The molecule has 7 heteroatoms. The number of hydrogen-bond donors (Lipinski definition) is 2. The summed E-state index contributed by atoms with van der Waals surface area (Å²) in [7, 11) is 0. The predicted molar refractivity (Wildman–Crippen MR) is 71.3 cm³/mol. The van der Waals surface area contributed by atoms with Crippen molar-refractivity contribution in [3.63, 3.8) is 0 Å². The summed E-state index contributed by atoms with van der Waals surface area (Å²) in [5.74, 6) is 0. The third-order valence-corrected chi connectivity index (χ3v) is 3.01. The van der Waals surface area contributed by atoms with Gasteiger partial charge in [-0.15, -0.1) is 0 Å². The van der Waals surface area contributed by atoms with E-state index in [9.17, 15) is 9.59 Å². The van der Waals surface area contributed by atoms with E-state index in [2.05, 4.69) is 4.98 Å². The topological polar surface area (TPSA) is 80.9 Å². The average molecular weight is 286 g/mol. The molecule has 0 radical (unpaired) electrons. The molecule has 0 aliphatic carbocycles. The van der Waals surface area contributed by atoms with E-state index in [1.165, 1.54) is 10.8 Å². The molecule has 0 saturated heterocycles. The predicted octanol–water partition coefficient (Wildman–Crippen LogP) is 1.47. The van der Waals surface area contributed by atoms with Gasteiger partial charge in [-0.05, 0) is 17.7 Å². The molecule has 0 amide bonds. The van der Waals surface area contributed by atoms with Crippen molar-refractivity contribution in [2.24, 2.45) is 0 Å². The number of nitrogens with one attached hydrogen (secondary N) is 1. The number of hydrogen-bond acceptors (Lipinski definition) is 3. The number of aromatic amines is 1. The Labute approximate surface area is 112 Å². The van der Waals surface area contributed by atoms with Gasteiger partial charge in [0.1, 0.15) is 5.02 Å². The molecule has 5 nitrogen and oxygen atoms in total. The Hall–Kier alpha value is -1.72. The van der Waals surface area contributed by atoms with Gasteiger partial charge in [-0.1, -0.05) is 29.3 Å². The molecule has 0 saturated carbocycles. The minimum atomic E-state index is -0.610. The highest BCUT2D eigenvalue weighted by atomic mass is 35.5. The second-order valence-electron chi connectivity index (χ2n) is 3.72. The van der Waals surface area contributed by atoms with Crippen molar-refractivity contribution >= 4 is 28.9 Å². The molecule has 1 heterocycles. The van der Waals surface area contributed by atoms with Crippen LogP contribution in [0.1, 0.15) is 5.56 Å². The zero-order chi connectivity index (χ0) is 13.3. The molecule has 1 aromatic heterocycles. The Kier molecular flexibility index (Phi) is 3.45. The fraction of sp³-hybridized carbons (Fsp3) is 0.0909. The first-order valence-corrected chi connectivity index (χ1v) is 5.76. The molecule has 0 spiro atoms. The van der Waals surface area contributed by atoms with Crippen molar-refractivity contribution in [1.29, 1.82) is 0 Å². The number of benzene rings is 1. The van der Waals surface area contributed by atoms with Crippen molar-refractivity contribution in [3.05, 3.63) is 60.8 Å². The van der Waals surface area contributed by atoms with E-state index in [-0.39, 0.29) is 11.6 Å². The van der Waals surface area contributed by atoms with E-state index in [1.807, 2.05) is 0 Å². The summed E-state index contributed by atoms with van der Waals surface area (Å²) < 4.78 is 1.27. The minimum Gasteiger partial charge on any atom is -0.399 e. The maximum atomic E-state index is 11.6. The first kappa shape index (κ1) is 12.7. The summed E-state index contributed by atoms with van der Waals surface area (Å²) in [6.07, 6.45) is 1.27. The van der Waals surface area contributed by atoms with Gasteiger partial charge in [-0.2, -0.15) is 0 Å². The monoisotopic (exact) mass is 285 g/mol. The van der Waals surface area contributed by atoms with Crippen LogP contribution in [0.4, 0.5) is 5.69 Å². The smallest absolute Gasteiger partial charge is 0.328 e. The maximum Gasteiger partial charge on any atom is 0.328 e. The molecule has 94 valence electrons. The van der Waals surface area contributed by atoms with Crippen molar-refractivity contribution in [1.82, 2.24) is 9.55 Å². The lowest BCUT2D eigenvalue weighted by molar-refractivity contribution is 0.721. The van der Waals surface area contributed by atoms with Crippen LogP contribution in [0.25, 0.3) is 0 Å². The summed E-state index contributed by atoms with van der Waals surface area (Å²) >= 11 is 11.7. The van der Waals surface area contributed by atoms with Gasteiger partial charge in [-0.3, -0.25) is 14.3 Å². The number of anilines is 1. The first-order valence-electron chi connectivity index (χ1n) is 5.00. The number of H-pyrrole nitrogens is 1. The summed E-state index contributed by atoms with van der Waals surface area (Å²) in [6, 6.07) is 4.98. The first-order chi connectivity index (χ1) is 8.47. The van der Waals surface area contributed by atoms with Gasteiger partial charge in [-0.25, -0.2) is 4.79 Å². The summed E-state index contributed by atoms with van der Waals surface area (Å²) in [6.45, 7) is 0.203. The van der Waals surface area contributed by atoms with Crippen molar-refractivity contribution in [2.75, 3.05) is 5.73 Å². The molecule has 0 unspecified atom stereocenters. The van der Waals surface area contributed by atoms with Crippen molar-refractivity contribution < 1.29 is 0 Å². The molecule has 0 aliphatic rings. The van der Waals surface area contributed by atoms with Crippen LogP contribution in [-0.4, -0.2) is 9.55 Å². The lowest BCUT2D eigenvalue weighted by Gasteiger charge is -2.08. The van der Waals surface area contributed by atoms with E-state index in [0.717, 1.165) is 0 Å². The van der Waals surface area contributed by atoms with Gasteiger partial charge in [0.05, 0.1) is 6.54 Å². The molecule has 2 aromatic rings. The zero-order valence-electron chi connectivity index (χ0n) is 9.11. The Morgan fingerprint density at radius 3 is 2.61 bits per heavy atom. The molecule has 1 aromatic carbocycles. The van der Waals surface area contributed by atoms with Crippen LogP contribution in [0.2, 0.25) is 10.0 Å². The van der Waals surface area contributed by atoms with Crippen molar-refractivity contribution in [3.8, 4) is 0 Å². The number of nitrogen functional groups attached to an aromatic ring is 1. The molecule has 18 heavy (non-hydrogen) atoms. The van der Waals surface area contributed by atoms with E-state index in [0.29, 0.717) is 16.3 Å². The highest BCUT2D eigenvalue weighted by Crippen LogP contribution is 2.19. The molecule has 0 atom stereocenters. The number of nitrogens with zero attached hydrogens (tertiary/aromatic N) is 1. The number of halogens is 2. The Balaban J connectivity index is 2.43. The lowest BCUT2D eigenvalue weighted by atomic mass is 10.2. The van der Waals surface area contributed by atoms with E-state index < -0.39 is 11.2 Å². The van der Waals surface area contributed by atoms with Crippen LogP contribution in [0, 0.1) is 0 Å². The van der Waals surface area contributed by atoms with Crippen molar-refractivity contribution in [2.45, 2.75) is 6.54 Å². The second kappa shape index (κ2) is 4.88. The molecular weight excluding hydrogens is 277 g/mol. The lowest BCUT2D eigenvalue weighted by Crippen LogP contribution is -2.30. The molecular formula is C11H9Cl2N3O2. The Morgan fingerprint density at radius 1 is 1.22 bits per heavy atom. The number of aromatic nitrogens is 2. The molecule has 0 bridgehead atoms. The van der Waals surface area contributed by atoms with Crippen LogP contribution in [0.5, 0.6) is 0 Å². The van der Waals surface area contributed by atoms with E-state index >= 15 is 0 Å². The van der Waals surface area contributed by atoms with Crippen LogP contribution in [-0.2, 0) is 6.54 Å². The van der Waals surface area contributed by atoms with Crippen LogP contribution < -0.4 is 17.0 Å². The maximum absolute atomic E-state index is 11.6. The van der Waals surface area contributed by atoms with E-state index in [1.54, 1.807) is 18.2 Å². The minimum absolute atomic E-state index is 0.0545. The highest BCUT2D eigenvalue weighted by Gasteiger charge is 2.06. The summed E-state index contributed by atoms with van der Waals surface area (Å²) in [5, 5.41) is 0.394. The summed E-state index contributed by atoms with van der Waals surface area (Å²) in [5.41, 5.74) is 5.66. The molecule has 0 aliphatic heterocycles. The SMILES string of the molecule is Nc1ccc(Cn2cc(Cl)c(=O)[nH]c2=O)c(Cl)c1. The molecule has 2 rings (SSSR count). The summed E-state index contributed by atoms with van der Waals surface area (Å²) in [4.78, 5) is 24.8. The van der Waals surface area contributed by atoms with Gasteiger partial charge < -0.3 is 5.73 Å². The van der Waals surface area contributed by atoms with Gasteiger partial charge in [0.2, 0.25) is 0 Å². The van der Waals surface area contributed by atoms with E-state index in [4.69, 9.17) is 28.9 Å². The Morgan fingerprint density at radius 2 is 1.94 bits per heavy atom. The quantitative estimate of drug-likeness (QED) is 0.820. The van der Waals surface area contributed by atoms with Gasteiger partial charge in [0.15, 0.2) is 0 Å². The third-order valence-electron chi connectivity index (χ3n) is 2.39. The normalized spacial score (nSPS) is 10.6. The third kappa shape index (κ3) is 2.57. The van der Waals surface area contributed by atoms with Crippen LogP contribution in [0.15, 0.2) is 34.0 Å². The molecule has 3 N–H and O–H groups in total. The fourth-order valence-electron chi connectivity index (χ4n) is 1.48.